The number of nitrogens with one attached hydrogen (secondary N) is 2. The van der Waals surface area contributed by atoms with Gasteiger partial charge in [0.05, 0.1) is 5.52 Å². The van der Waals surface area contributed by atoms with Crippen LogP contribution in [0.15, 0.2) is 30.6 Å². The number of nitrogens with zero attached hydrogens (tertiary/aromatic N) is 2. The monoisotopic (exact) mass is 312 g/mol. The molecule has 0 saturated heterocycles. The summed E-state index contributed by atoms with van der Waals surface area (Å²) < 4.78 is 0. The van der Waals surface area contributed by atoms with Crippen LogP contribution in [0.1, 0.15) is 45.4 Å². The number of rotatable bonds is 4. The van der Waals surface area contributed by atoms with Crippen molar-refractivity contribution in [3.8, 4) is 0 Å². The van der Waals surface area contributed by atoms with Gasteiger partial charge in [-0.25, -0.2) is 9.97 Å². The molecule has 1 unspecified atom stereocenters. The molecule has 3 rings (SSSR count). The molecule has 1 aromatic heterocycles. The molecule has 122 valence electrons. The van der Waals surface area contributed by atoms with Gasteiger partial charge < -0.3 is 10.6 Å². The molecule has 0 bridgehead atoms. The standard InChI is InChI=1S/C18H24N4O/c1-13(18(23)22-14-8-4-2-3-5-9-14)21-17-15-10-6-7-11-16(15)19-12-20-17/h6-7,10-14H,2-5,8-9H2,1H3,(H,22,23)(H,19,20,21). The van der Waals surface area contributed by atoms with Crippen molar-refractivity contribution in [2.45, 2.75) is 57.5 Å². The highest BCUT2D eigenvalue weighted by Gasteiger charge is 2.19. The summed E-state index contributed by atoms with van der Waals surface area (Å²) in [6.07, 6.45) is 8.71. The largest absolute Gasteiger partial charge is 0.358 e. The molecule has 1 aliphatic rings. The third-order valence-corrected chi connectivity index (χ3v) is 4.49. The molecule has 23 heavy (non-hydrogen) atoms. The van der Waals surface area contributed by atoms with E-state index < -0.39 is 0 Å². The Hall–Kier alpha value is -2.17. The minimum Gasteiger partial charge on any atom is -0.358 e. The van der Waals surface area contributed by atoms with E-state index in [9.17, 15) is 4.79 Å². The third kappa shape index (κ3) is 3.97. The summed E-state index contributed by atoms with van der Waals surface area (Å²) in [4.78, 5) is 21.0. The fourth-order valence-corrected chi connectivity index (χ4v) is 3.14. The first-order valence-corrected chi connectivity index (χ1v) is 8.50. The molecule has 2 aromatic rings. The van der Waals surface area contributed by atoms with Gasteiger partial charge in [0, 0.05) is 11.4 Å². The molecule has 1 atom stereocenters. The van der Waals surface area contributed by atoms with Gasteiger partial charge in [0.1, 0.15) is 18.2 Å². The van der Waals surface area contributed by atoms with Crippen molar-refractivity contribution < 1.29 is 4.79 Å². The number of benzene rings is 1. The average molecular weight is 312 g/mol. The van der Waals surface area contributed by atoms with Crippen LogP contribution in [0.3, 0.4) is 0 Å². The number of hydrogen-bond acceptors (Lipinski definition) is 4. The molecule has 1 aromatic carbocycles. The predicted molar refractivity (Wildman–Crippen MR) is 92.3 cm³/mol. The lowest BCUT2D eigenvalue weighted by Crippen LogP contribution is -2.43. The molecule has 1 fully saturated rings. The van der Waals surface area contributed by atoms with Crippen molar-refractivity contribution in [2.75, 3.05) is 5.32 Å². The smallest absolute Gasteiger partial charge is 0.242 e. The zero-order chi connectivity index (χ0) is 16.1. The quantitative estimate of drug-likeness (QED) is 0.850. The predicted octanol–water partition coefficient (Wildman–Crippen LogP) is 3.27. The van der Waals surface area contributed by atoms with E-state index in [4.69, 9.17) is 0 Å². The lowest BCUT2D eigenvalue weighted by Gasteiger charge is -2.20. The maximum Gasteiger partial charge on any atom is 0.242 e. The first kappa shape index (κ1) is 15.7. The Bertz CT molecular complexity index is 660. The number of aromatic nitrogens is 2. The third-order valence-electron chi connectivity index (χ3n) is 4.49. The van der Waals surface area contributed by atoms with E-state index in [0.717, 1.165) is 23.7 Å². The van der Waals surface area contributed by atoms with E-state index in [1.165, 1.54) is 32.0 Å². The van der Waals surface area contributed by atoms with Crippen LogP contribution in [0.4, 0.5) is 5.82 Å². The average Bonchev–Trinajstić information content (AvgIpc) is 2.84. The SMILES string of the molecule is CC(Nc1ncnc2ccccc12)C(=O)NC1CCCCCC1. The minimum atomic E-state index is -0.323. The van der Waals surface area contributed by atoms with Gasteiger partial charge in [-0.05, 0) is 31.9 Å². The molecule has 1 saturated carbocycles. The second-order valence-corrected chi connectivity index (χ2v) is 6.30. The lowest BCUT2D eigenvalue weighted by atomic mass is 10.1. The molecule has 0 aliphatic heterocycles. The van der Waals surface area contributed by atoms with E-state index in [1.54, 1.807) is 0 Å². The highest BCUT2D eigenvalue weighted by molar-refractivity contribution is 5.91. The van der Waals surface area contributed by atoms with Crippen LogP contribution in [-0.4, -0.2) is 28.0 Å². The van der Waals surface area contributed by atoms with Crippen LogP contribution in [0.5, 0.6) is 0 Å². The number of amides is 1. The summed E-state index contributed by atoms with van der Waals surface area (Å²) in [6.45, 7) is 1.88. The molecule has 1 heterocycles. The Morgan fingerprint density at radius 3 is 2.65 bits per heavy atom. The van der Waals surface area contributed by atoms with E-state index >= 15 is 0 Å². The van der Waals surface area contributed by atoms with Gasteiger partial charge >= 0.3 is 0 Å². The van der Waals surface area contributed by atoms with E-state index in [-0.39, 0.29) is 11.9 Å². The first-order valence-electron chi connectivity index (χ1n) is 8.50. The van der Waals surface area contributed by atoms with Gasteiger partial charge in [0.25, 0.3) is 0 Å². The van der Waals surface area contributed by atoms with Crippen molar-refractivity contribution >= 4 is 22.6 Å². The number of carbonyl (C=O) groups is 1. The Kier molecular flexibility index (Phi) is 5.05. The molecule has 5 heteroatoms. The molecular weight excluding hydrogens is 288 g/mol. The van der Waals surface area contributed by atoms with Crippen molar-refractivity contribution in [3.05, 3.63) is 30.6 Å². The highest BCUT2D eigenvalue weighted by atomic mass is 16.2. The van der Waals surface area contributed by atoms with Crippen LogP contribution in [0, 0.1) is 0 Å². The van der Waals surface area contributed by atoms with Crippen LogP contribution >= 0.6 is 0 Å². The van der Waals surface area contributed by atoms with Crippen molar-refractivity contribution in [3.63, 3.8) is 0 Å². The number of anilines is 1. The Morgan fingerprint density at radius 1 is 1.13 bits per heavy atom. The zero-order valence-electron chi connectivity index (χ0n) is 13.6. The number of para-hydroxylation sites is 1. The fraction of sp³-hybridized carbons (Fsp3) is 0.500. The maximum absolute atomic E-state index is 12.4. The second-order valence-electron chi connectivity index (χ2n) is 6.30. The van der Waals surface area contributed by atoms with Gasteiger partial charge in [-0.3, -0.25) is 4.79 Å². The van der Waals surface area contributed by atoms with Crippen LogP contribution in [0.25, 0.3) is 10.9 Å². The summed E-state index contributed by atoms with van der Waals surface area (Å²) in [5, 5.41) is 7.34. The summed E-state index contributed by atoms with van der Waals surface area (Å²) in [6, 6.07) is 7.80. The fourth-order valence-electron chi connectivity index (χ4n) is 3.14. The van der Waals surface area contributed by atoms with E-state index in [2.05, 4.69) is 20.6 Å². The summed E-state index contributed by atoms with van der Waals surface area (Å²) in [5.74, 6) is 0.749. The van der Waals surface area contributed by atoms with Gasteiger partial charge in [0.15, 0.2) is 0 Å². The molecule has 5 nitrogen and oxygen atoms in total. The first-order chi connectivity index (χ1) is 11.2. The minimum absolute atomic E-state index is 0.0413. The van der Waals surface area contributed by atoms with Gasteiger partial charge in [-0.15, -0.1) is 0 Å². The summed E-state index contributed by atoms with van der Waals surface area (Å²) >= 11 is 0. The highest BCUT2D eigenvalue weighted by Crippen LogP contribution is 2.20. The van der Waals surface area contributed by atoms with Crippen LogP contribution in [-0.2, 0) is 4.79 Å². The summed E-state index contributed by atoms with van der Waals surface area (Å²) in [5.41, 5.74) is 0.876. The second kappa shape index (κ2) is 7.40. The van der Waals surface area contributed by atoms with E-state index in [1.807, 2.05) is 31.2 Å². The van der Waals surface area contributed by atoms with Gasteiger partial charge in [0.2, 0.25) is 5.91 Å². The molecule has 2 N–H and O–H groups in total. The van der Waals surface area contributed by atoms with Crippen molar-refractivity contribution in [2.24, 2.45) is 0 Å². The van der Waals surface area contributed by atoms with Crippen LogP contribution in [0.2, 0.25) is 0 Å². The number of carbonyl (C=O) groups excluding carboxylic acids is 1. The normalized spacial score (nSPS) is 17.4. The Morgan fingerprint density at radius 2 is 1.87 bits per heavy atom. The maximum atomic E-state index is 12.4. The topological polar surface area (TPSA) is 66.9 Å². The Labute approximate surface area is 136 Å². The molecule has 0 spiro atoms. The number of hydrogen-bond donors (Lipinski definition) is 2. The lowest BCUT2D eigenvalue weighted by molar-refractivity contribution is -0.122. The van der Waals surface area contributed by atoms with Gasteiger partial charge in [-0.1, -0.05) is 37.8 Å². The van der Waals surface area contributed by atoms with E-state index in [0.29, 0.717) is 11.9 Å². The molecule has 0 radical (unpaired) electrons. The summed E-state index contributed by atoms with van der Waals surface area (Å²) in [7, 11) is 0. The van der Waals surface area contributed by atoms with Crippen molar-refractivity contribution in [1.29, 1.82) is 0 Å². The van der Waals surface area contributed by atoms with Crippen molar-refractivity contribution in [1.82, 2.24) is 15.3 Å². The molecule has 1 amide bonds. The zero-order valence-corrected chi connectivity index (χ0v) is 13.6. The van der Waals surface area contributed by atoms with Crippen LogP contribution < -0.4 is 10.6 Å². The Balaban J connectivity index is 1.65. The van der Waals surface area contributed by atoms with Gasteiger partial charge in [-0.2, -0.15) is 0 Å². The molecule has 1 aliphatic carbocycles. The molecular formula is C18H24N4O. The number of fused-ring (bicyclic) bond motifs is 1.